The minimum absolute atomic E-state index is 0.123. The molecule has 0 radical (unpaired) electrons. The van der Waals surface area contributed by atoms with Crippen LogP contribution in [0.5, 0.6) is 5.75 Å². The summed E-state index contributed by atoms with van der Waals surface area (Å²) in [5.41, 5.74) is 2.44. The van der Waals surface area contributed by atoms with E-state index in [9.17, 15) is 14.7 Å². The van der Waals surface area contributed by atoms with Gasteiger partial charge in [0.1, 0.15) is 11.5 Å². The van der Waals surface area contributed by atoms with Gasteiger partial charge in [0.05, 0.1) is 45.9 Å². The summed E-state index contributed by atoms with van der Waals surface area (Å²) in [4.78, 5) is 28.4. The van der Waals surface area contributed by atoms with Gasteiger partial charge in [-0.15, -0.1) is 0 Å². The van der Waals surface area contributed by atoms with Gasteiger partial charge in [0.15, 0.2) is 0 Å². The second-order valence-corrected chi connectivity index (χ2v) is 7.59. The fourth-order valence-corrected chi connectivity index (χ4v) is 3.45. The van der Waals surface area contributed by atoms with Crippen molar-refractivity contribution >= 4 is 17.4 Å². The van der Waals surface area contributed by atoms with Gasteiger partial charge in [0, 0.05) is 5.56 Å². The van der Waals surface area contributed by atoms with Gasteiger partial charge >= 0.3 is 0 Å². The smallest absolute Gasteiger partial charge is 0.295 e. The molecule has 2 aromatic rings. The number of Topliss-reactive ketones (excluding diaryl/α,β-unsaturated/α-hetero) is 1. The van der Waals surface area contributed by atoms with Gasteiger partial charge in [-0.25, -0.2) is 0 Å². The average Bonchev–Trinajstić information content (AvgIpc) is 2.97. The molecular weight excluding hydrogens is 368 g/mol. The van der Waals surface area contributed by atoms with Crippen LogP contribution in [0.25, 0.3) is 5.76 Å². The Hall–Kier alpha value is -3.12. The van der Waals surface area contributed by atoms with Crippen molar-refractivity contribution in [1.82, 2.24) is 4.90 Å². The standard InChI is InChI=1S/C23H26N2O4/c1-15-5-7-17(8-6-15)21(26)19-20(16-9-11-18(29-4)12-10-16)25(14-13-24(2)3)23(28)22(19)27/h5-12,20,26H,13-14H2,1-4H3/p+1/b21-19+/t20-/m0/s1. The van der Waals surface area contributed by atoms with Crippen molar-refractivity contribution in [3.05, 3.63) is 70.8 Å². The van der Waals surface area contributed by atoms with Crippen LogP contribution in [0.1, 0.15) is 22.7 Å². The summed E-state index contributed by atoms with van der Waals surface area (Å²) >= 11 is 0. The summed E-state index contributed by atoms with van der Waals surface area (Å²) in [6.45, 7) is 3.04. The first kappa shape index (κ1) is 20.6. The molecule has 29 heavy (non-hydrogen) atoms. The Labute approximate surface area is 171 Å². The fraction of sp³-hybridized carbons (Fsp3) is 0.304. The van der Waals surface area contributed by atoms with Crippen LogP contribution < -0.4 is 9.64 Å². The number of likely N-dealkylation sites (N-methyl/N-ethyl adjacent to an activating group) is 1. The number of hydrogen-bond donors (Lipinski definition) is 2. The molecule has 6 nitrogen and oxygen atoms in total. The highest BCUT2D eigenvalue weighted by Crippen LogP contribution is 2.39. The number of quaternary nitrogens is 1. The van der Waals surface area contributed by atoms with E-state index in [4.69, 9.17) is 4.74 Å². The van der Waals surface area contributed by atoms with Crippen molar-refractivity contribution in [2.45, 2.75) is 13.0 Å². The van der Waals surface area contributed by atoms with E-state index < -0.39 is 17.7 Å². The number of amides is 1. The number of likely N-dealkylation sites (tertiary alicyclic amines) is 1. The zero-order chi connectivity index (χ0) is 21.1. The highest BCUT2D eigenvalue weighted by atomic mass is 16.5. The number of hydrogen-bond acceptors (Lipinski definition) is 4. The molecule has 0 saturated carbocycles. The summed E-state index contributed by atoms with van der Waals surface area (Å²) in [7, 11) is 5.56. The van der Waals surface area contributed by atoms with Gasteiger partial charge in [0.2, 0.25) is 0 Å². The number of ketones is 1. The Balaban J connectivity index is 2.12. The van der Waals surface area contributed by atoms with Crippen molar-refractivity contribution in [3.8, 4) is 5.75 Å². The van der Waals surface area contributed by atoms with Crippen molar-refractivity contribution in [2.75, 3.05) is 34.3 Å². The monoisotopic (exact) mass is 395 g/mol. The Morgan fingerprint density at radius 1 is 1.07 bits per heavy atom. The lowest BCUT2D eigenvalue weighted by Gasteiger charge is -2.25. The van der Waals surface area contributed by atoms with Crippen LogP contribution in [-0.2, 0) is 9.59 Å². The Kier molecular flexibility index (Phi) is 6.03. The van der Waals surface area contributed by atoms with Gasteiger partial charge in [-0.2, -0.15) is 0 Å². The number of nitrogens with zero attached hydrogens (tertiary/aromatic N) is 1. The Morgan fingerprint density at radius 2 is 1.69 bits per heavy atom. The predicted molar refractivity (Wildman–Crippen MR) is 111 cm³/mol. The van der Waals surface area contributed by atoms with Crippen LogP contribution >= 0.6 is 0 Å². The van der Waals surface area contributed by atoms with E-state index >= 15 is 0 Å². The molecule has 0 unspecified atom stereocenters. The summed E-state index contributed by atoms with van der Waals surface area (Å²) in [6.07, 6.45) is 0. The maximum absolute atomic E-state index is 12.9. The topological polar surface area (TPSA) is 71.3 Å². The van der Waals surface area contributed by atoms with Gasteiger partial charge in [0.25, 0.3) is 11.7 Å². The quantitative estimate of drug-likeness (QED) is 0.443. The molecule has 1 heterocycles. The first-order valence-corrected chi connectivity index (χ1v) is 9.62. The van der Waals surface area contributed by atoms with Gasteiger partial charge < -0.3 is 19.6 Å². The van der Waals surface area contributed by atoms with E-state index in [1.807, 2.05) is 45.3 Å². The zero-order valence-electron chi connectivity index (χ0n) is 17.2. The first-order chi connectivity index (χ1) is 13.8. The number of benzene rings is 2. The number of nitrogens with one attached hydrogen (secondary N) is 1. The van der Waals surface area contributed by atoms with Crippen LogP contribution in [0.3, 0.4) is 0 Å². The van der Waals surface area contributed by atoms with Crippen molar-refractivity contribution < 1.29 is 24.3 Å². The van der Waals surface area contributed by atoms with E-state index in [0.29, 0.717) is 24.4 Å². The van der Waals surface area contributed by atoms with Crippen molar-refractivity contribution in [2.24, 2.45) is 0 Å². The summed E-state index contributed by atoms with van der Waals surface area (Å²) in [5.74, 6) is -0.704. The summed E-state index contributed by atoms with van der Waals surface area (Å²) in [6, 6.07) is 13.8. The molecule has 1 fully saturated rings. The molecule has 0 bridgehead atoms. The third kappa shape index (κ3) is 4.17. The minimum atomic E-state index is -0.655. The number of rotatable bonds is 6. The first-order valence-electron chi connectivity index (χ1n) is 9.62. The highest BCUT2D eigenvalue weighted by Gasteiger charge is 2.46. The van der Waals surface area contributed by atoms with Gasteiger partial charge in [-0.3, -0.25) is 9.59 Å². The molecule has 152 valence electrons. The van der Waals surface area contributed by atoms with Crippen molar-refractivity contribution in [3.63, 3.8) is 0 Å². The van der Waals surface area contributed by atoms with Crippen LogP contribution in [0.4, 0.5) is 0 Å². The number of carbonyl (C=O) groups is 2. The average molecular weight is 395 g/mol. The SMILES string of the molecule is COc1ccc([C@H]2/C(=C(\O)c3ccc(C)cc3)C(=O)C(=O)N2CC[NH+](C)C)cc1. The summed E-state index contributed by atoms with van der Waals surface area (Å²) < 4.78 is 5.22. The lowest BCUT2D eigenvalue weighted by molar-refractivity contribution is -0.857. The second kappa shape index (κ2) is 8.49. The number of carbonyl (C=O) groups excluding carboxylic acids is 2. The van der Waals surface area contributed by atoms with Crippen LogP contribution in [0.2, 0.25) is 0 Å². The molecule has 0 aromatic heterocycles. The lowest BCUT2D eigenvalue weighted by Crippen LogP contribution is -3.06. The molecule has 3 rings (SSSR count). The van der Waals surface area contributed by atoms with Crippen LogP contribution in [0.15, 0.2) is 54.1 Å². The van der Waals surface area contributed by atoms with E-state index in [2.05, 4.69) is 0 Å². The molecular formula is C23H27N2O4+. The molecule has 1 amide bonds. The largest absolute Gasteiger partial charge is 0.507 e. The normalized spacial score (nSPS) is 18.5. The Morgan fingerprint density at radius 3 is 2.24 bits per heavy atom. The molecule has 1 saturated heterocycles. The highest BCUT2D eigenvalue weighted by molar-refractivity contribution is 6.46. The molecule has 1 aliphatic heterocycles. The molecule has 0 aliphatic carbocycles. The van der Waals surface area contributed by atoms with Gasteiger partial charge in [-0.1, -0.05) is 42.0 Å². The zero-order valence-corrected chi connectivity index (χ0v) is 17.2. The number of aryl methyl sites for hydroxylation is 1. The van der Waals surface area contributed by atoms with E-state index in [-0.39, 0.29) is 11.3 Å². The molecule has 2 N–H and O–H groups in total. The minimum Gasteiger partial charge on any atom is -0.507 e. The third-order valence-electron chi connectivity index (χ3n) is 5.15. The molecule has 0 spiro atoms. The van der Waals surface area contributed by atoms with E-state index in [1.165, 1.54) is 4.90 Å². The van der Waals surface area contributed by atoms with E-state index in [1.54, 1.807) is 36.3 Å². The summed E-state index contributed by atoms with van der Waals surface area (Å²) in [5, 5.41) is 11.0. The third-order valence-corrected chi connectivity index (χ3v) is 5.15. The molecule has 2 aromatic carbocycles. The van der Waals surface area contributed by atoms with Crippen LogP contribution in [-0.4, -0.2) is 56.0 Å². The number of methoxy groups -OCH3 is 1. The van der Waals surface area contributed by atoms with Crippen molar-refractivity contribution in [1.29, 1.82) is 0 Å². The molecule has 1 atom stereocenters. The lowest BCUT2D eigenvalue weighted by atomic mass is 9.95. The Bertz CT molecular complexity index is 930. The molecule has 6 heteroatoms. The molecule has 1 aliphatic rings. The van der Waals surface area contributed by atoms with Crippen LogP contribution in [0, 0.1) is 6.92 Å². The number of ether oxygens (including phenoxy) is 1. The fourth-order valence-electron chi connectivity index (χ4n) is 3.45. The second-order valence-electron chi connectivity index (χ2n) is 7.59. The number of aliphatic hydroxyl groups excluding tert-OH is 1. The number of aliphatic hydroxyl groups is 1. The maximum atomic E-state index is 12.9. The predicted octanol–water partition coefficient (Wildman–Crippen LogP) is 1.57. The maximum Gasteiger partial charge on any atom is 0.295 e. The van der Waals surface area contributed by atoms with Gasteiger partial charge in [-0.05, 0) is 24.6 Å². The van der Waals surface area contributed by atoms with E-state index in [0.717, 1.165) is 11.1 Å².